The Morgan fingerprint density at radius 3 is 2.95 bits per heavy atom. The van der Waals surface area contributed by atoms with Crippen molar-refractivity contribution in [3.8, 4) is 0 Å². The third kappa shape index (κ3) is 3.16. The minimum atomic E-state index is -0.0573. The van der Waals surface area contributed by atoms with Crippen LogP contribution in [0.5, 0.6) is 0 Å². The topological polar surface area (TPSA) is 41.1 Å². The molecule has 0 spiro atoms. The Morgan fingerprint density at radius 2 is 2.26 bits per heavy atom. The SMILES string of the molecule is CCc1cccc(C)c1NC(=O)C1NCCCC1C. The second kappa shape index (κ2) is 6.20. The summed E-state index contributed by atoms with van der Waals surface area (Å²) in [5, 5.41) is 6.46. The van der Waals surface area contributed by atoms with Crippen molar-refractivity contribution in [2.75, 3.05) is 11.9 Å². The molecule has 1 aliphatic heterocycles. The lowest BCUT2D eigenvalue weighted by molar-refractivity contribution is -0.119. The number of carbonyl (C=O) groups is 1. The highest BCUT2D eigenvalue weighted by Crippen LogP contribution is 2.23. The van der Waals surface area contributed by atoms with Gasteiger partial charge in [-0.1, -0.05) is 32.0 Å². The zero-order valence-electron chi connectivity index (χ0n) is 12.1. The number of hydrogen-bond donors (Lipinski definition) is 2. The lowest BCUT2D eigenvalue weighted by atomic mass is 9.92. The van der Waals surface area contributed by atoms with Gasteiger partial charge in [-0.05, 0) is 49.8 Å². The normalized spacial score (nSPS) is 23.1. The van der Waals surface area contributed by atoms with Crippen LogP contribution in [0.2, 0.25) is 0 Å². The van der Waals surface area contributed by atoms with Gasteiger partial charge in [0, 0.05) is 5.69 Å². The van der Waals surface area contributed by atoms with Crippen molar-refractivity contribution in [3.05, 3.63) is 29.3 Å². The van der Waals surface area contributed by atoms with Gasteiger partial charge in [0.05, 0.1) is 6.04 Å². The summed E-state index contributed by atoms with van der Waals surface area (Å²) in [5.41, 5.74) is 3.34. The number of amides is 1. The van der Waals surface area contributed by atoms with Crippen LogP contribution in [0.4, 0.5) is 5.69 Å². The molecule has 0 aliphatic carbocycles. The predicted molar refractivity (Wildman–Crippen MR) is 79.4 cm³/mol. The number of piperidine rings is 1. The molecule has 0 aromatic heterocycles. The first-order valence-corrected chi connectivity index (χ1v) is 7.26. The van der Waals surface area contributed by atoms with Gasteiger partial charge < -0.3 is 10.6 Å². The first-order valence-electron chi connectivity index (χ1n) is 7.26. The molecule has 3 heteroatoms. The smallest absolute Gasteiger partial charge is 0.241 e. The summed E-state index contributed by atoms with van der Waals surface area (Å²) in [4.78, 5) is 12.4. The van der Waals surface area contributed by atoms with Crippen LogP contribution in [0, 0.1) is 12.8 Å². The Balaban J connectivity index is 2.14. The zero-order chi connectivity index (χ0) is 13.8. The molecule has 1 saturated heterocycles. The average Bonchev–Trinajstić information content (AvgIpc) is 2.41. The van der Waals surface area contributed by atoms with E-state index in [1.165, 1.54) is 5.56 Å². The van der Waals surface area contributed by atoms with Gasteiger partial charge in [0.1, 0.15) is 0 Å². The fraction of sp³-hybridized carbons (Fsp3) is 0.562. The number of nitrogens with one attached hydrogen (secondary N) is 2. The molecule has 2 rings (SSSR count). The van der Waals surface area contributed by atoms with E-state index in [1.54, 1.807) is 0 Å². The Hall–Kier alpha value is -1.35. The van der Waals surface area contributed by atoms with Crippen LogP contribution in [0.1, 0.15) is 37.8 Å². The van der Waals surface area contributed by atoms with Crippen molar-refractivity contribution in [2.45, 2.75) is 46.1 Å². The van der Waals surface area contributed by atoms with Gasteiger partial charge in [0.2, 0.25) is 5.91 Å². The summed E-state index contributed by atoms with van der Waals surface area (Å²) in [6, 6.07) is 6.12. The molecule has 2 unspecified atom stereocenters. The van der Waals surface area contributed by atoms with Crippen molar-refractivity contribution < 1.29 is 4.79 Å². The van der Waals surface area contributed by atoms with Gasteiger partial charge in [0.15, 0.2) is 0 Å². The first kappa shape index (κ1) is 14.1. The molecule has 104 valence electrons. The molecule has 1 aromatic carbocycles. The fourth-order valence-corrected chi connectivity index (χ4v) is 2.80. The third-order valence-electron chi connectivity index (χ3n) is 4.04. The predicted octanol–water partition coefficient (Wildman–Crippen LogP) is 2.88. The minimum Gasteiger partial charge on any atom is -0.324 e. The van der Waals surface area contributed by atoms with Gasteiger partial charge in [-0.25, -0.2) is 0 Å². The summed E-state index contributed by atoms with van der Waals surface area (Å²) in [6.07, 6.45) is 3.22. The number of hydrogen-bond acceptors (Lipinski definition) is 2. The van der Waals surface area contributed by atoms with Crippen molar-refractivity contribution in [1.82, 2.24) is 5.32 Å². The van der Waals surface area contributed by atoms with Crippen LogP contribution < -0.4 is 10.6 Å². The number of aryl methyl sites for hydroxylation is 2. The van der Waals surface area contributed by atoms with E-state index in [1.807, 2.05) is 19.1 Å². The summed E-state index contributed by atoms with van der Waals surface area (Å²) in [5.74, 6) is 0.513. The van der Waals surface area contributed by atoms with E-state index in [0.29, 0.717) is 5.92 Å². The van der Waals surface area contributed by atoms with Gasteiger partial charge in [-0.15, -0.1) is 0 Å². The number of rotatable bonds is 3. The summed E-state index contributed by atoms with van der Waals surface area (Å²) < 4.78 is 0. The van der Waals surface area contributed by atoms with Crippen LogP contribution in [0.3, 0.4) is 0 Å². The summed E-state index contributed by atoms with van der Waals surface area (Å²) in [7, 11) is 0. The van der Waals surface area contributed by atoms with Crippen LogP contribution in [-0.4, -0.2) is 18.5 Å². The van der Waals surface area contributed by atoms with E-state index in [9.17, 15) is 4.79 Å². The van der Waals surface area contributed by atoms with Gasteiger partial charge in [-0.3, -0.25) is 4.79 Å². The van der Waals surface area contributed by atoms with E-state index in [0.717, 1.165) is 37.1 Å². The largest absolute Gasteiger partial charge is 0.324 e. The number of carbonyl (C=O) groups excluding carboxylic acids is 1. The summed E-state index contributed by atoms with van der Waals surface area (Å²) >= 11 is 0. The molecule has 0 radical (unpaired) electrons. The molecule has 1 fully saturated rings. The van der Waals surface area contributed by atoms with Gasteiger partial charge in [0.25, 0.3) is 0 Å². The molecule has 2 N–H and O–H groups in total. The van der Waals surface area contributed by atoms with Crippen molar-refractivity contribution in [3.63, 3.8) is 0 Å². The van der Waals surface area contributed by atoms with Crippen LogP contribution >= 0.6 is 0 Å². The Morgan fingerprint density at radius 1 is 1.47 bits per heavy atom. The Kier molecular flexibility index (Phi) is 4.59. The number of benzene rings is 1. The standard InChI is InChI=1S/C16H24N2O/c1-4-13-9-5-7-11(2)14(13)18-16(19)15-12(3)8-6-10-17-15/h5,7,9,12,15,17H,4,6,8,10H2,1-3H3,(H,18,19). The van der Waals surface area contributed by atoms with E-state index >= 15 is 0 Å². The summed E-state index contributed by atoms with van der Waals surface area (Å²) in [6.45, 7) is 7.25. The molecular formula is C16H24N2O. The Bertz CT molecular complexity index is 456. The second-order valence-corrected chi connectivity index (χ2v) is 5.50. The molecule has 1 heterocycles. The molecule has 1 amide bonds. The maximum atomic E-state index is 12.4. The number of anilines is 1. The lowest BCUT2D eigenvalue weighted by Gasteiger charge is -2.29. The van der Waals surface area contributed by atoms with E-state index in [4.69, 9.17) is 0 Å². The molecule has 2 atom stereocenters. The van der Waals surface area contributed by atoms with Gasteiger partial charge in [-0.2, -0.15) is 0 Å². The van der Waals surface area contributed by atoms with Crippen LogP contribution in [0.15, 0.2) is 18.2 Å². The molecule has 3 nitrogen and oxygen atoms in total. The third-order valence-corrected chi connectivity index (χ3v) is 4.04. The highest BCUT2D eigenvalue weighted by molar-refractivity contribution is 5.96. The number of para-hydroxylation sites is 1. The second-order valence-electron chi connectivity index (χ2n) is 5.50. The molecule has 1 aliphatic rings. The molecule has 0 saturated carbocycles. The van der Waals surface area contributed by atoms with Crippen molar-refractivity contribution in [2.24, 2.45) is 5.92 Å². The monoisotopic (exact) mass is 260 g/mol. The van der Waals surface area contributed by atoms with E-state index in [-0.39, 0.29) is 11.9 Å². The zero-order valence-corrected chi connectivity index (χ0v) is 12.1. The fourth-order valence-electron chi connectivity index (χ4n) is 2.80. The highest BCUT2D eigenvalue weighted by atomic mass is 16.2. The minimum absolute atomic E-state index is 0.0573. The molecule has 19 heavy (non-hydrogen) atoms. The maximum absolute atomic E-state index is 12.4. The highest BCUT2D eigenvalue weighted by Gasteiger charge is 2.27. The molecule has 0 bridgehead atoms. The van der Waals surface area contributed by atoms with E-state index in [2.05, 4.69) is 30.5 Å². The van der Waals surface area contributed by atoms with Crippen LogP contribution in [0.25, 0.3) is 0 Å². The maximum Gasteiger partial charge on any atom is 0.241 e. The molecule has 1 aromatic rings. The average molecular weight is 260 g/mol. The van der Waals surface area contributed by atoms with Crippen molar-refractivity contribution >= 4 is 11.6 Å². The Labute approximate surface area is 115 Å². The quantitative estimate of drug-likeness (QED) is 0.877. The van der Waals surface area contributed by atoms with Gasteiger partial charge >= 0.3 is 0 Å². The van der Waals surface area contributed by atoms with Crippen molar-refractivity contribution in [1.29, 1.82) is 0 Å². The lowest BCUT2D eigenvalue weighted by Crippen LogP contribution is -2.48. The van der Waals surface area contributed by atoms with Crippen LogP contribution in [-0.2, 0) is 11.2 Å². The van der Waals surface area contributed by atoms with E-state index < -0.39 is 0 Å². The first-order chi connectivity index (χ1) is 9.13. The molecular weight excluding hydrogens is 236 g/mol.